The Labute approximate surface area is 175 Å². The van der Waals surface area contributed by atoms with Crippen molar-refractivity contribution in [3.8, 4) is 11.1 Å². The van der Waals surface area contributed by atoms with Crippen LogP contribution in [0.3, 0.4) is 0 Å². The SMILES string of the molecule is O=S(=O)([O-])C(F)(F)F.O=S(=O)([O-])C(F)(F)F.[Pd+2].c1ccc(-c2ccccc2)cc1. The molecule has 0 N–H and O–H groups in total. The van der Waals surface area contributed by atoms with Crippen LogP contribution in [0.5, 0.6) is 0 Å². The Kier molecular flexibility index (Phi) is 11.9. The predicted molar refractivity (Wildman–Crippen MR) is 83.4 cm³/mol. The number of hydrogen-bond donors (Lipinski definition) is 0. The van der Waals surface area contributed by atoms with Crippen molar-refractivity contribution >= 4 is 20.2 Å². The summed E-state index contributed by atoms with van der Waals surface area (Å²) in [5, 5.41) is 0. The smallest absolute Gasteiger partial charge is 0.741 e. The third-order valence-corrected chi connectivity index (χ3v) is 3.58. The zero-order valence-electron chi connectivity index (χ0n) is 13.6. The molecule has 6 nitrogen and oxygen atoms in total. The fourth-order valence-corrected chi connectivity index (χ4v) is 1.26. The minimum atomic E-state index is -6.09. The molecule has 29 heavy (non-hydrogen) atoms. The third-order valence-electron chi connectivity index (χ3n) is 2.45. The van der Waals surface area contributed by atoms with Crippen LogP contribution >= 0.6 is 0 Å². The van der Waals surface area contributed by atoms with Crippen molar-refractivity contribution in [2.24, 2.45) is 0 Å². The molecule has 0 aliphatic rings. The second-order valence-corrected chi connectivity index (χ2v) is 7.27. The van der Waals surface area contributed by atoms with E-state index in [1.807, 2.05) is 12.1 Å². The molecule has 0 aliphatic carbocycles. The number of hydrogen-bond acceptors (Lipinski definition) is 6. The summed E-state index contributed by atoms with van der Waals surface area (Å²) in [6.07, 6.45) is 0. The molecule has 2 rings (SSSR count). The van der Waals surface area contributed by atoms with Crippen LogP contribution in [-0.4, -0.2) is 37.0 Å². The van der Waals surface area contributed by atoms with Gasteiger partial charge in [-0.3, -0.25) is 0 Å². The summed E-state index contributed by atoms with van der Waals surface area (Å²) in [6, 6.07) is 20.8. The Balaban J connectivity index is 0. The van der Waals surface area contributed by atoms with Crippen molar-refractivity contribution < 1.29 is 72.7 Å². The zero-order valence-corrected chi connectivity index (χ0v) is 16.8. The Morgan fingerprint density at radius 2 is 0.724 bits per heavy atom. The van der Waals surface area contributed by atoms with Gasteiger partial charge in [0, 0.05) is 0 Å². The van der Waals surface area contributed by atoms with Gasteiger partial charge in [-0.1, -0.05) is 60.7 Å². The first-order valence-corrected chi connectivity index (χ1v) is 9.43. The number of alkyl halides is 6. The van der Waals surface area contributed by atoms with Gasteiger partial charge < -0.3 is 9.11 Å². The first-order chi connectivity index (χ1) is 12.5. The first-order valence-electron chi connectivity index (χ1n) is 6.61. The molecule has 0 spiro atoms. The molecular weight excluding hydrogens is 549 g/mol. The van der Waals surface area contributed by atoms with Gasteiger partial charge in [-0.05, 0) is 11.1 Å². The summed E-state index contributed by atoms with van der Waals surface area (Å²) < 4.78 is 118. The second-order valence-electron chi connectivity index (χ2n) is 4.53. The maximum Gasteiger partial charge on any atom is 2.00 e. The molecule has 0 radical (unpaired) electrons. The van der Waals surface area contributed by atoms with E-state index in [0.29, 0.717) is 0 Å². The van der Waals surface area contributed by atoms with Crippen LogP contribution in [0, 0.1) is 0 Å². The molecule has 2 aromatic carbocycles. The van der Waals surface area contributed by atoms with Gasteiger partial charge in [-0.15, -0.1) is 0 Å². The van der Waals surface area contributed by atoms with Gasteiger partial charge in [0.1, 0.15) is 0 Å². The monoisotopic (exact) mass is 558 g/mol. The van der Waals surface area contributed by atoms with E-state index in [-0.39, 0.29) is 20.4 Å². The summed E-state index contributed by atoms with van der Waals surface area (Å²) in [4.78, 5) is 0. The van der Waals surface area contributed by atoms with Gasteiger partial charge >= 0.3 is 31.4 Å². The van der Waals surface area contributed by atoms with Gasteiger partial charge in [-0.2, -0.15) is 26.3 Å². The van der Waals surface area contributed by atoms with Gasteiger partial charge in [0.2, 0.25) is 0 Å². The fourth-order valence-electron chi connectivity index (χ4n) is 1.26. The van der Waals surface area contributed by atoms with Gasteiger partial charge in [0.25, 0.3) is 0 Å². The van der Waals surface area contributed by atoms with Crippen molar-refractivity contribution in [2.75, 3.05) is 0 Å². The number of benzene rings is 2. The molecule has 0 amide bonds. The zero-order chi connectivity index (χ0) is 22.2. The van der Waals surface area contributed by atoms with E-state index in [0.717, 1.165) is 0 Å². The third kappa shape index (κ3) is 11.9. The standard InChI is InChI=1S/C12H10.2CHF3O3S.Pd/c1-3-7-11(8-4-1)12-9-5-2-6-10-12;2*2-1(3,4)8(5,6)7;/h1-10H;2*(H,5,6,7);/q;;;+2/p-2. The minimum absolute atomic E-state index is 0. The average Bonchev–Trinajstić information content (AvgIpc) is 2.54. The largest absolute Gasteiger partial charge is 2.00 e. The molecule has 0 atom stereocenters. The van der Waals surface area contributed by atoms with Gasteiger partial charge in [-0.25, -0.2) is 16.8 Å². The summed E-state index contributed by atoms with van der Waals surface area (Å²) in [7, 11) is -12.2. The van der Waals surface area contributed by atoms with E-state index >= 15 is 0 Å². The van der Waals surface area contributed by atoms with E-state index in [4.69, 9.17) is 25.9 Å². The predicted octanol–water partition coefficient (Wildman–Crippen LogP) is 3.45. The maximum atomic E-state index is 10.7. The average molecular weight is 559 g/mol. The first kappa shape index (κ1) is 29.7. The number of halogens is 6. The van der Waals surface area contributed by atoms with Crippen LogP contribution in [0.1, 0.15) is 0 Å². The molecule has 0 unspecified atom stereocenters. The van der Waals surface area contributed by atoms with E-state index in [1.165, 1.54) is 11.1 Å². The van der Waals surface area contributed by atoms with Gasteiger partial charge in [0.15, 0.2) is 20.2 Å². The molecule has 0 aromatic heterocycles. The van der Waals surface area contributed by atoms with Crippen molar-refractivity contribution in [1.82, 2.24) is 0 Å². The molecule has 0 aliphatic heterocycles. The number of rotatable bonds is 1. The molecule has 0 saturated heterocycles. The Morgan fingerprint density at radius 3 is 0.862 bits per heavy atom. The van der Waals surface area contributed by atoms with Crippen LogP contribution in [-0.2, 0) is 40.7 Å². The van der Waals surface area contributed by atoms with Crippen LogP contribution < -0.4 is 0 Å². The molecule has 2 aromatic rings. The minimum Gasteiger partial charge on any atom is -0.741 e. The summed E-state index contributed by atoms with van der Waals surface area (Å²) in [5.74, 6) is 0. The summed E-state index contributed by atoms with van der Waals surface area (Å²) >= 11 is 0. The Morgan fingerprint density at radius 1 is 0.552 bits per heavy atom. The maximum absolute atomic E-state index is 10.7. The molecule has 166 valence electrons. The van der Waals surface area contributed by atoms with Gasteiger partial charge in [0.05, 0.1) is 0 Å². The molecular formula is C14H10F6O6PdS2. The molecule has 15 heteroatoms. The Bertz CT molecular complexity index is 851. The summed E-state index contributed by atoms with van der Waals surface area (Å²) in [5.41, 5.74) is -8.74. The second kappa shape index (κ2) is 11.6. The summed E-state index contributed by atoms with van der Waals surface area (Å²) in [6.45, 7) is 0. The van der Waals surface area contributed by atoms with Crippen LogP contribution in [0.2, 0.25) is 0 Å². The van der Waals surface area contributed by atoms with Crippen molar-refractivity contribution in [1.29, 1.82) is 0 Å². The molecule has 0 bridgehead atoms. The van der Waals surface area contributed by atoms with E-state index in [9.17, 15) is 26.3 Å². The molecule has 0 heterocycles. The van der Waals surface area contributed by atoms with Crippen molar-refractivity contribution in [2.45, 2.75) is 11.0 Å². The van der Waals surface area contributed by atoms with E-state index in [1.54, 1.807) is 0 Å². The molecule has 0 fully saturated rings. The Hall–Kier alpha value is -1.50. The fraction of sp³-hybridized carbons (Fsp3) is 0.143. The van der Waals surface area contributed by atoms with Crippen LogP contribution in [0.15, 0.2) is 60.7 Å². The van der Waals surface area contributed by atoms with Crippen LogP contribution in [0.4, 0.5) is 26.3 Å². The topological polar surface area (TPSA) is 114 Å². The molecule has 0 saturated carbocycles. The van der Waals surface area contributed by atoms with Crippen LogP contribution in [0.25, 0.3) is 11.1 Å². The van der Waals surface area contributed by atoms with Crippen molar-refractivity contribution in [3.63, 3.8) is 0 Å². The van der Waals surface area contributed by atoms with Crippen molar-refractivity contribution in [3.05, 3.63) is 60.7 Å². The van der Waals surface area contributed by atoms with E-state index in [2.05, 4.69) is 48.5 Å². The van der Waals surface area contributed by atoms with E-state index < -0.39 is 31.3 Å². The quantitative estimate of drug-likeness (QED) is 0.229. The normalized spacial score (nSPS) is 11.7.